The Balaban J connectivity index is 2.16. The molecular formula is C4H11N3O2S. The third-order valence-corrected chi connectivity index (χ3v) is 2.01. The van der Waals surface area contributed by atoms with Crippen molar-refractivity contribution in [2.24, 2.45) is 11.1 Å². The summed E-state index contributed by atoms with van der Waals surface area (Å²) >= 11 is 0. The monoisotopic (exact) mass is 165 g/mol. The predicted octanol–water partition coefficient (Wildman–Crippen LogP) is -2.00. The molecule has 1 fully saturated rings. The maximum atomic E-state index is 10.3. The fraction of sp³-hybridized carbons (Fsp3) is 1.00. The average molecular weight is 165 g/mol. The maximum absolute atomic E-state index is 10.3. The molecule has 60 valence electrons. The summed E-state index contributed by atoms with van der Waals surface area (Å²) in [5.41, 5.74) is 0. The molecule has 0 bridgehead atoms. The lowest BCUT2D eigenvalue weighted by molar-refractivity contribution is 0.347. The van der Waals surface area contributed by atoms with Gasteiger partial charge in [-0.05, 0) is 5.92 Å². The molecule has 0 aromatic heterocycles. The number of hydrogen-bond acceptors (Lipinski definition) is 3. The molecule has 0 unspecified atom stereocenters. The molecule has 0 radical (unpaired) electrons. The predicted molar refractivity (Wildman–Crippen MR) is 37.5 cm³/mol. The van der Waals surface area contributed by atoms with E-state index in [1.807, 2.05) is 0 Å². The molecule has 4 N–H and O–H groups in total. The van der Waals surface area contributed by atoms with E-state index >= 15 is 0 Å². The van der Waals surface area contributed by atoms with E-state index in [1.165, 1.54) is 0 Å². The van der Waals surface area contributed by atoms with E-state index in [2.05, 4.69) is 10.0 Å². The minimum Gasteiger partial charge on any atom is -0.316 e. The zero-order valence-electron chi connectivity index (χ0n) is 5.50. The zero-order valence-corrected chi connectivity index (χ0v) is 6.32. The third kappa shape index (κ3) is 2.61. The Bertz CT molecular complexity index is 197. The van der Waals surface area contributed by atoms with Crippen molar-refractivity contribution >= 4 is 10.2 Å². The van der Waals surface area contributed by atoms with E-state index in [1.54, 1.807) is 0 Å². The van der Waals surface area contributed by atoms with Gasteiger partial charge in [0.15, 0.2) is 0 Å². The van der Waals surface area contributed by atoms with E-state index in [0.717, 1.165) is 13.1 Å². The van der Waals surface area contributed by atoms with Crippen LogP contribution in [0.25, 0.3) is 0 Å². The zero-order chi connectivity index (χ0) is 7.61. The highest BCUT2D eigenvalue weighted by molar-refractivity contribution is 7.87. The van der Waals surface area contributed by atoms with Crippen molar-refractivity contribution in [3.63, 3.8) is 0 Å². The highest BCUT2D eigenvalue weighted by Crippen LogP contribution is 1.99. The van der Waals surface area contributed by atoms with Crippen molar-refractivity contribution in [1.29, 1.82) is 0 Å². The molecule has 10 heavy (non-hydrogen) atoms. The van der Waals surface area contributed by atoms with Crippen LogP contribution in [-0.2, 0) is 10.2 Å². The Kier molecular flexibility index (Phi) is 2.24. The van der Waals surface area contributed by atoms with E-state index in [9.17, 15) is 8.42 Å². The number of rotatable bonds is 3. The van der Waals surface area contributed by atoms with E-state index in [0.29, 0.717) is 12.5 Å². The second-order valence-electron chi connectivity index (χ2n) is 2.42. The molecule has 1 aliphatic rings. The topological polar surface area (TPSA) is 84.2 Å². The molecule has 0 aromatic carbocycles. The first-order valence-corrected chi connectivity index (χ1v) is 4.60. The molecule has 0 aromatic rings. The Morgan fingerprint density at radius 2 is 2.20 bits per heavy atom. The largest absolute Gasteiger partial charge is 0.316 e. The number of nitrogens with one attached hydrogen (secondary N) is 2. The minimum absolute atomic E-state index is 0.415. The molecule has 1 saturated heterocycles. The van der Waals surface area contributed by atoms with Crippen molar-refractivity contribution in [3.8, 4) is 0 Å². The normalized spacial score (nSPS) is 20.5. The lowest BCUT2D eigenvalue weighted by atomic mass is 10.1. The molecule has 0 aliphatic carbocycles. The van der Waals surface area contributed by atoms with Gasteiger partial charge in [0.05, 0.1) is 0 Å². The van der Waals surface area contributed by atoms with Crippen LogP contribution in [0.15, 0.2) is 0 Å². The van der Waals surface area contributed by atoms with Crippen LogP contribution in [0.3, 0.4) is 0 Å². The molecule has 6 heteroatoms. The second kappa shape index (κ2) is 2.83. The van der Waals surface area contributed by atoms with Crippen LogP contribution in [0.2, 0.25) is 0 Å². The Morgan fingerprint density at radius 3 is 2.50 bits per heavy atom. The first-order valence-electron chi connectivity index (χ1n) is 3.06. The lowest BCUT2D eigenvalue weighted by Gasteiger charge is -2.26. The van der Waals surface area contributed by atoms with Gasteiger partial charge in [-0.2, -0.15) is 8.42 Å². The molecule has 0 amide bonds. The van der Waals surface area contributed by atoms with Gasteiger partial charge in [0.25, 0.3) is 10.2 Å². The van der Waals surface area contributed by atoms with E-state index < -0.39 is 10.2 Å². The van der Waals surface area contributed by atoms with E-state index in [-0.39, 0.29) is 0 Å². The molecular weight excluding hydrogens is 154 g/mol. The summed E-state index contributed by atoms with van der Waals surface area (Å²) in [6, 6.07) is 0. The van der Waals surface area contributed by atoms with Crippen LogP contribution >= 0.6 is 0 Å². The standard InChI is InChI=1S/C4H11N3O2S/c5-10(8,9)7-3-4-1-6-2-4/h4,6-7H,1-3H2,(H2,5,8,9). The van der Waals surface area contributed by atoms with Crippen molar-refractivity contribution in [1.82, 2.24) is 10.0 Å². The average Bonchev–Trinajstić information content (AvgIpc) is 1.56. The SMILES string of the molecule is NS(=O)(=O)NCC1CNC1. The fourth-order valence-electron chi connectivity index (χ4n) is 0.727. The molecule has 1 heterocycles. The first-order chi connectivity index (χ1) is 4.58. The van der Waals surface area contributed by atoms with Crippen LogP contribution in [0, 0.1) is 5.92 Å². The van der Waals surface area contributed by atoms with Crippen LogP contribution in [0.1, 0.15) is 0 Å². The van der Waals surface area contributed by atoms with Crippen LogP contribution in [-0.4, -0.2) is 28.1 Å². The summed E-state index contributed by atoms with van der Waals surface area (Å²) in [6.45, 7) is 2.21. The summed E-state index contributed by atoms with van der Waals surface area (Å²) in [6.07, 6.45) is 0. The van der Waals surface area contributed by atoms with Crippen molar-refractivity contribution < 1.29 is 8.42 Å². The number of hydrogen-bond donors (Lipinski definition) is 3. The van der Waals surface area contributed by atoms with Gasteiger partial charge >= 0.3 is 0 Å². The Hall–Kier alpha value is -0.170. The summed E-state index contributed by atoms with van der Waals surface area (Å²) in [4.78, 5) is 0. The minimum atomic E-state index is -3.47. The summed E-state index contributed by atoms with van der Waals surface area (Å²) < 4.78 is 22.9. The Labute approximate surface area is 60.2 Å². The highest BCUT2D eigenvalue weighted by Gasteiger charge is 2.17. The van der Waals surface area contributed by atoms with Gasteiger partial charge in [0.1, 0.15) is 0 Å². The van der Waals surface area contributed by atoms with Crippen LogP contribution in [0.4, 0.5) is 0 Å². The van der Waals surface area contributed by atoms with Gasteiger partial charge in [-0.15, -0.1) is 0 Å². The van der Waals surface area contributed by atoms with Gasteiger partial charge in [0.2, 0.25) is 0 Å². The molecule has 1 aliphatic heterocycles. The summed E-state index contributed by atoms with van der Waals surface area (Å²) in [7, 11) is -3.47. The fourth-order valence-corrected chi connectivity index (χ4v) is 1.19. The lowest BCUT2D eigenvalue weighted by Crippen LogP contribution is -2.49. The quantitative estimate of drug-likeness (QED) is 0.452. The third-order valence-electron chi connectivity index (χ3n) is 1.44. The molecule has 0 atom stereocenters. The smallest absolute Gasteiger partial charge is 0.274 e. The maximum Gasteiger partial charge on any atom is 0.274 e. The van der Waals surface area contributed by atoms with Gasteiger partial charge < -0.3 is 5.32 Å². The van der Waals surface area contributed by atoms with Gasteiger partial charge in [-0.25, -0.2) is 9.86 Å². The highest BCUT2D eigenvalue weighted by atomic mass is 32.2. The van der Waals surface area contributed by atoms with Gasteiger partial charge in [0, 0.05) is 19.6 Å². The van der Waals surface area contributed by atoms with Crippen LogP contribution in [0.5, 0.6) is 0 Å². The van der Waals surface area contributed by atoms with Crippen molar-refractivity contribution in [2.45, 2.75) is 0 Å². The number of nitrogens with two attached hydrogens (primary N) is 1. The first kappa shape index (κ1) is 7.93. The second-order valence-corrected chi connectivity index (χ2v) is 3.80. The van der Waals surface area contributed by atoms with Crippen LogP contribution < -0.4 is 15.2 Å². The van der Waals surface area contributed by atoms with Gasteiger partial charge in [-0.1, -0.05) is 0 Å². The van der Waals surface area contributed by atoms with Crippen molar-refractivity contribution in [3.05, 3.63) is 0 Å². The molecule has 0 spiro atoms. The summed E-state index contributed by atoms with van der Waals surface area (Å²) in [5, 5.41) is 7.73. The molecule has 5 nitrogen and oxygen atoms in total. The van der Waals surface area contributed by atoms with E-state index in [4.69, 9.17) is 5.14 Å². The molecule has 1 rings (SSSR count). The van der Waals surface area contributed by atoms with Gasteiger partial charge in [-0.3, -0.25) is 0 Å². The molecule has 0 saturated carbocycles. The summed E-state index contributed by atoms with van der Waals surface area (Å²) in [5.74, 6) is 0.415. The Morgan fingerprint density at radius 1 is 1.60 bits per heavy atom. The van der Waals surface area contributed by atoms with Crippen molar-refractivity contribution in [2.75, 3.05) is 19.6 Å².